The fourth-order valence-corrected chi connectivity index (χ4v) is 1.70. The molecule has 0 fully saturated rings. The number of aliphatic hydroxyl groups is 1. The van der Waals surface area contributed by atoms with Gasteiger partial charge in [-0.25, -0.2) is 0 Å². The SMILES string of the molecule is COc1ccc(C(=O)C(C)NC(C)(C)CO)cc1. The number of ketones is 1. The van der Waals surface area contributed by atoms with Crippen LogP contribution < -0.4 is 10.1 Å². The standard InChI is InChI=1S/C14H21NO3/c1-10(15-14(2,3)9-16)13(17)11-5-7-12(18-4)8-6-11/h5-8,10,15-16H,9H2,1-4H3. The van der Waals surface area contributed by atoms with Crippen molar-refractivity contribution in [1.29, 1.82) is 0 Å². The Labute approximate surface area is 108 Å². The second-order valence-corrected chi connectivity index (χ2v) is 5.00. The minimum absolute atomic E-state index is 0.000761. The van der Waals surface area contributed by atoms with Crippen molar-refractivity contribution in [2.24, 2.45) is 0 Å². The molecular formula is C14H21NO3. The lowest BCUT2D eigenvalue weighted by molar-refractivity contribution is 0.0911. The van der Waals surface area contributed by atoms with Crippen LogP contribution in [0.15, 0.2) is 24.3 Å². The first-order valence-electron chi connectivity index (χ1n) is 5.96. The summed E-state index contributed by atoms with van der Waals surface area (Å²) in [5.41, 5.74) is 0.159. The monoisotopic (exact) mass is 251 g/mol. The molecule has 1 aromatic rings. The van der Waals surface area contributed by atoms with Crippen molar-refractivity contribution in [3.8, 4) is 5.75 Å². The molecule has 0 aliphatic rings. The molecule has 0 amide bonds. The lowest BCUT2D eigenvalue weighted by Crippen LogP contribution is -2.50. The quantitative estimate of drug-likeness (QED) is 0.754. The minimum Gasteiger partial charge on any atom is -0.497 e. The van der Waals surface area contributed by atoms with E-state index in [2.05, 4.69) is 5.32 Å². The van der Waals surface area contributed by atoms with Crippen LogP contribution in [0.25, 0.3) is 0 Å². The molecule has 0 spiro atoms. The first-order valence-corrected chi connectivity index (χ1v) is 5.96. The van der Waals surface area contributed by atoms with E-state index in [0.29, 0.717) is 5.56 Å². The fraction of sp³-hybridized carbons (Fsp3) is 0.500. The number of carbonyl (C=O) groups is 1. The third-order valence-corrected chi connectivity index (χ3v) is 2.77. The second kappa shape index (κ2) is 5.98. The van der Waals surface area contributed by atoms with Gasteiger partial charge in [-0.1, -0.05) is 0 Å². The van der Waals surface area contributed by atoms with E-state index >= 15 is 0 Å². The van der Waals surface area contributed by atoms with Gasteiger partial charge in [0.15, 0.2) is 5.78 Å². The van der Waals surface area contributed by atoms with Crippen LogP contribution in [-0.4, -0.2) is 36.2 Å². The summed E-state index contributed by atoms with van der Waals surface area (Å²) >= 11 is 0. The summed E-state index contributed by atoms with van der Waals surface area (Å²) in [6, 6.07) is 6.66. The van der Waals surface area contributed by atoms with Crippen molar-refractivity contribution in [2.45, 2.75) is 32.4 Å². The first kappa shape index (κ1) is 14.7. The largest absolute Gasteiger partial charge is 0.497 e. The molecule has 1 rings (SSSR count). The van der Waals surface area contributed by atoms with Gasteiger partial charge in [0, 0.05) is 11.1 Å². The van der Waals surface area contributed by atoms with Gasteiger partial charge < -0.3 is 15.2 Å². The minimum atomic E-state index is -0.471. The molecule has 0 aromatic heterocycles. The Hall–Kier alpha value is -1.39. The summed E-state index contributed by atoms with van der Waals surface area (Å²) in [4.78, 5) is 12.2. The Balaban J connectivity index is 2.74. The van der Waals surface area contributed by atoms with E-state index in [-0.39, 0.29) is 18.4 Å². The van der Waals surface area contributed by atoms with E-state index in [1.165, 1.54) is 0 Å². The molecule has 100 valence electrons. The third kappa shape index (κ3) is 3.82. The molecule has 0 bridgehead atoms. The highest BCUT2D eigenvalue weighted by Gasteiger charge is 2.23. The highest BCUT2D eigenvalue weighted by Crippen LogP contribution is 2.13. The molecular weight excluding hydrogens is 230 g/mol. The van der Waals surface area contributed by atoms with Gasteiger partial charge in [0.2, 0.25) is 0 Å². The maximum atomic E-state index is 12.2. The van der Waals surface area contributed by atoms with Crippen molar-refractivity contribution in [3.63, 3.8) is 0 Å². The molecule has 0 radical (unpaired) electrons. The van der Waals surface area contributed by atoms with E-state index in [1.54, 1.807) is 38.3 Å². The summed E-state index contributed by atoms with van der Waals surface area (Å²) in [7, 11) is 1.59. The molecule has 18 heavy (non-hydrogen) atoms. The highest BCUT2D eigenvalue weighted by molar-refractivity contribution is 6.00. The average Bonchev–Trinajstić information content (AvgIpc) is 2.37. The average molecular weight is 251 g/mol. The predicted octanol–water partition coefficient (Wildman–Crippen LogP) is 1.63. The van der Waals surface area contributed by atoms with Crippen LogP contribution in [0.1, 0.15) is 31.1 Å². The number of hydrogen-bond donors (Lipinski definition) is 2. The normalized spacial score (nSPS) is 13.2. The lowest BCUT2D eigenvalue weighted by atomic mass is 10.0. The van der Waals surface area contributed by atoms with Crippen LogP contribution in [0.4, 0.5) is 0 Å². The molecule has 4 heteroatoms. The Kier molecular flexibility index (Phi) is 4.87. The number of nitrogens with one attached hydrogen (secondary N) is 1. The van der Waals surface area contributed by atoms with Crippen molar-refractivity contribution in [1.82, 2.24) is 5.32 Å². The topological polar surface area (TPSA) is 58.6 Å². The molecule has 0 aliphatic carbocycles. The van der Waals surface area contributed by atoms with Crippen LogP contribution in [0.2, 0.25) is 0 Å². The van der Waals surface area contributed by atoms with Crippen LogP contribution in [0.3, 0.4) is 0 Å². The van der Waals surface area contributed by atoms with Crippen molar-refractivity contribution in [2.75, 3.05) is 13.7 Å². The molecule has 2 N–H and O–H groups in total. The van der Waals surface area contributed by atoms with Gasteiger partial charge in [-0.2, -0.15) is 0 Å². The van der Waals surface area contributed by atoms with E-state index < -0.39 is 5.54 Å². The molecule has 1 atom stereocenters. The van der Waals surface area contributed by atoms with Crippen LogP contribution >= 0.6 is 0 Å². The van der Waals surface area contributed by atoms with Crippen molar-refractivity contribution < 1.29 is 14.6 Å². The molecule has 1 aromatic carbocycles. The zero-order valence-electron chi connectivity index (χ0n) is 11.4. The number of hydrogen-bond acceptors (Lipinski definition) is 4. The summed E-state index contributed by atoms with van der Waals surface area (Å²) in [5.74, 6) is 0.724. The summed E-state index contributed by atoms with van der Waals surface area (Å²) < 4.78 is 5.05. The van der Waals surface area contributed by atoms with Gasteiger partial charge in [0.05, 0.1) is 19.8 Å². The van der Waals surface area contributed by atoms with Crippen LogP contribution in [0, 0.1) is 0 Å². The van der Waals surface area contributed by atoms with E-state index in [9.17, 15) is 9.90 Å². The molecule has 4 nitrogen and oxygen atoms in total. The zero-order valence-corrected chi connectivity index (χ0v) is 11.4. The molecule has 0 aliphatic heterocycles. The maximum Gasteiger partial charge on any atom is 0.179 e. The number of ether oxygens (including phenoxy) is 1. The highest BCUT2D eigenvalue weighted by atomic mass is 16.5. The fourth-order valence-electron chi connectivity index (χ4n) is 1.70. The number of rotatable bonds is 6. The van der Waals surface area contributed by atoms with Crippen molar-refractivity contribution >= 4 is 5.78 Å². The van der Waals surface area contributed by atoms with Gasteiger partial charge in [0.25, 0.3) is 0 Å². The third-order valence-electron chi connectivity index (χ3n) is 2.77. The number of aliphatic hydroxyl groups excluding tert-OH is 1. The van der Waals surface area contributed by atoms with Gasteiger partial charge in [-0.15, -0.1) is 0 Å². The number of methoxy groups -OCH3 is 1. The predicted molar refractivity (Wildman–Crippen MR) is 71.1 cm³/mol. The maximum absolute atomic E-state index is 12.2. The van der Waals surface area contributed by atoms with Crippen molar-refractivity contribution in [3.05, 3.63) is 29.8 Å². The Morgan fingerprint density at radius 1 is 1.39 bits per heavy atom. The number of carbonyl (C=O) groups excluding carboxylic acids is 1. The van der Waals surface area contributed by atoms with Gasteiger partial charge in [-0.05, 0) is 45.0 Å². The van der Waals surface area contributed by atoms with Crippen LogP contribution in [0.5, 0.6) is 5.75 Å². The van der Waals surface area contributed by atoms with E-state index in [0.717, 1.165) is 5.75 Å². The Morgan fingerprint density at radius 3 is 2.39 bits per heavy atom. The van der Waals surface area contributed by atoms with E-state index in [1.807, 2.05) is 13.8 Å². The summed E-state index contributed by atoms with van der Waals surface area (Å²) in [6.07, 6.45) is 0. The molecule has 0 saturated carbocycles. The smallest absolute Gasteiger partial charge is 0.179 e. The van der Waals surface area contributed by atoms with Gasteiger partial charge in [-0.3, -0.25) is 4.79 Å². The van der Waals surface area contributed by atoms with Crippen LogP contribution in [-0.2, 0) is 0 Å². The Bertz CT molecular complexity index is 398. The number of Topliss-reactive ketones (excluding diaryl/α,β-unsaturated/α-hetero) is 1. The van der Waals surface area contributed by atoms with Gasteiger partial charge >= 0.3 is 0 Å². The van der Waals surface area contributed by atoms with E-state index in [4.69, 9.17) is 4.74 Å². The summed E-state index contributed by atoms with van der Waals surface area (Å²) in [6.45, 7) is 5.48. The second-order valence-electron chi connectivity index (χ2n) is 5.00. The van der Waals surface area contributed by atoms with Gasteiger partial charge in [0.1, 0.15) is 5.75 Å². The number of benzene rings is 1. The molecule has 0 saturated heterocycles. The summed E-state index contributed by atoms with van der Waals surface area (Å²) in [5, 5.41) is 12.3. The zero-order chi connectivity index (χ0) is 13.8. The molecule has 0 heterocycles. The lowest BCUT2D eigenvalue weighted by Gasteiger charge is -2.27. The Morgan fingerprint density at radius 2 is 1.94 bits per heavy atom. The molecule has 1 unspecified atom stereocenters. The first-order chi connectivity index (χ1) is 8.39.